The second-order valence-corrected chi connectivity index (χ2v) is 7.15. The number of likely N-dealkylation sites (tertiary alicyclic amines) is 1. The number of likely N-dealkylation sites (N-methyl/N-ethyl adjacent to an activating group) is 1. The lowest BCUT2D eigenvalue weighted by Gasteiger charge is -2.32. The zero-order chi connectivity index (χ0) is 18.3. The largest absolute Gasteiger partial charge is 0.488 e. The van der Waals surface area contributed by atoms with Gasteiger partial charge in [0.1, 0.15) is 18.0 Å². The molecule has 0 bridgehead atoms. The Kier molecular flexibility index (Phi) is 4.41. The molecule has 5 heteroatoms. The van der Waals surface area contributed by atoms with E-state index in [1.54, 1.807) is 6.07 Å². The van der Waals surface area contributed by atoms with Crippen molar-refractivity contribution < 1.29 is 13.5 Å². The molecule has 1 saturated heterocycles. The molecule has 1 aliphatic heterocycles. The van der Waals surface area contributed by atoms with Gasteiger partial charge in [-0.25, -0.2) is 4.39 Å². The SMILES string of the molecule is Cc1cc(OCC2CCCCN2C)c2oc3cc(F)ccc3c(=O)c2c1. The number of benzene rings is 2. The molecule has 1 aromatic heterocycles. The second-order valence-electron chi connectivity index (χ2n) is 7.15. The molecule has 136 valence electrons. The number of halogens is 1. The van der Waals surface area contributed by atoms with Crippen LogP contribution in [0.2, 0.25) is 0 Å². The van der Waals surface area contributed by atoms with Gasteiger partial charge in [0.2, 0.25) is 5.43 Å². The molecule has 0 amide bonds. The third kappa shape index (κ3) is 3.07. The quantitative estimate of drug-likeness (QED) is 0.659. The van der Waals surface area contributed by atoms with Crippen molar-refractivity contribution in [2.75, 3.05) is 20.2 Å². The van der Waals surface area contributed by atoms with Gasteiger partial charge in [0.05, 0.1) is 10.8 Å². The van der Waals surface area contributed by atoms with E-state index in [0.717, 1.165) is 18.5 Å². The van der Waals surface area contributed by atoms with Crippen LogP contribution in [0.4, 0.5) is 4.39 Å². The summed E-state index contributed by atoms with van der Waals surface area (Å²) in [4.78, 5) is 15.1. The first-order chi connectivity index (χ1) is 12.5. The van der Waals surface area contributed by atoms with E-state index in [4.69, 9.17) is 9.15 Å². The fourth-order valence-electron chi connectivity index (χ4n) is 3.69. The van der Waals surface area contributed by atoms with Crippen molar-refractivity contribution in [2.24, 2.45) is 0 Å². The predicted molar refractivity (Wildman–Crippen MR) is 100 cm³/mol. The summed E-state index contributed by atoms with van der Waals surface area (Å²) in [6, 6.07) is 8.01. The van der Waals surface area contributed by atoms with Crippen LogP contribution >= 0.6 is 0 Å². The highest BCUT2D eigenvalue weighted by Gasteiger charge is 2.21. The number of aryl methyl sites for hydroxylation is 1. The standard InChI is InChI=1S/C21H22FNO3/c1-13-9-17-20(24)16-7-6-14(22)11-18(16)26-21(17)19(10-13)25-12-15-5-3-4-8-23(15)2/h6-7,9-11,15H,3-5,8,12H2,1-2H3. The monoisotopic (exact) mass is 355 g/mol. The molecule has 0 spiro atoms. The highest BCUT2D eigenvalue weighted by atomic mass is 19.1. The molecular formula is C21H22FNO3. The van der Waals surface area contributed by atoms with Crippen molar-refractivity contribution in [3.05, 3.63) is 51.9 Å². The number of hydrogen-bond acceptors (Lipinski definition) is 4. The molecule has 1 aliphatic rings. The van der Waals surface area contributed by atoms with Gasteiger partial charge in [-0.05, 0) is 63.2 Å². The number of rotatable bonds is 3. The van der Waals surface area contributed by atoms with Gasteiger partial charge in [0.25, 0.3) is 0 Å². The number of nitrogens with zero attached hydrogens (tertiary/aromatic N) is 1. The van der Waals surface area contributed by atoms with E-state index in [1.807, 2.05) is 13.0 Å². The third-order valence-electron chi connectivity index (χ3n) is 5.20. The number of hydrogen-bond donors (Lipinski definition) is 0. The van der Waals surface area contributed by atoms with Crippen LogP contribution in [-0.2, 0) is 0 Å². The average Bonchev–Trinajstić information content (AvgIpc) is 2.61. The lowest BCUT2D eigenvalue weighted by atomic mass is 10.0. The van der Waals surface area contributed by atoms with E-state index >= 15 is 0 Å². The zero-order valence-corrected chi connectivity index (χ0v) is 15.0. The highest BCUT2D eigenvalue weighted by Crippen LogP contribution is 2.30. The topological polar surface area (TPSA) is 42.7 Å². The number of piperidine rings is 1. The first kappa shape index (κ1) is 17.0. The number of fused-ring (bicyclic) bond motifs is 2. The first-order valence-corrected chi connectivity index (χ1v) is 9.03. The Hall–Kier alpha value is -2.40. The van der Waals surface area contributed by atoms with Crippen LogP contribution in [0.3, 0.4) is 0 Å². The van der Waals surface area contributed by atoms with Crippen LogP contribution in [0.1, 0.15) is 24.8 Å². The van der Waals surface area contributed by atoms with E-state index in [1.165, 1.54) is 31.0 Å². The molecule has 2 aromatic carbocycles. The van der Waals surface area contributed by atoms with Gasteiger partial charge in [-0.3, -0.25) is 4.79 Å². The van der Waals surface area contributed by atoms with Crippen molar-refractivity contribution in [2.45, 2.75) is 32.2 Å². The average molecular weight is 355 g/mol. The van der Waals surface area contributed by atoms with Crippen LogP contribution in [0.25, 0.3) is 21.9 Å². The molecule has 0 aliphatic carbocycles. The van der Waals surface area contributed by atoms with Gasteiger partial charge in [0, 0.05) is 12.1 Å². The van der Waals surface area contributed by atoms with Gasteiger partial charge in [-0.1, -0.05) is 6.42 Å². The lowest BCUT2D eigenvalue weighted by molar-refractivity contribution is 0.125. The Bertz CT molecular complexity index is 1030. The molecule has 1 unspecified atom stereocenters. The van der Waals surface area contributed by atoms with Gasteiger partial charge in [0.15, 0.2) is 11.3 Å². The van der Waals surface area contributed by atoms with Gasteiger partial charge >= 0.3 is 0 Å². The maximum Gasteiger partial charge on any atom is 0.200 e. The van der Waals surface area contributed by atoms with E-state index in [-0.39, 0.29) is 11.0 Å². The third-order valence-corrected chi connectivity index (χ3v) is 5.20. The fraction of sp³-hybridized carbons (Fsp3) is 0.381. The van der Waals surface area contributed by atoms with Crippen molar-refractivity contribution in [3.8, 4) is 5.75 Å². The first-order valence-electron chi connectivity index (χ1n) is 9.03. The van der Waals surface area contributed by atoms with Crippen molar-refractivity contribution in [1.82, 2.24) is 4.90 Å². The molecule has 3 aromatic rings. The summed E-state index contributed by atoms with van der Waals surface area (Å²) in [6.45, 7) is 3.54. The minimum Gasteiger partial charge on any atom is -0.488 e. The molecule has 0 saturated carbocycles. The molecule has 0 radical (unpaired) electrons. The van der Waals surface area contributed by atoms with E-state index in [9.17, 15) is 9.18 Å². The maximum absolute atomic E-state index is 13.6. The minimum atomic E-state index is -0.432. The molecule has 26 heavy (non-hydrogen) atoms. The summed E-state index contributed by atoms with van der Waals surface area (Å²) in [6.07, 6.45) is 3.51. The second kappa shape index (κ2) is 6.72. The smallest absolute Gasteiger partial charge is 0.200 e. The molecule has 2 heterocycles. The highest BCUT2D eigenvalue weighted by molar-refractivity contribution is 5.92. The van der Waals surface area contributed by atoms with Gasteiger partial charge in [-0.2, -0.15) is 0 Å². The molecule has 1 atom stereocenters. The van der Waals surface area contributed by atoms with Crippen molar-refractivity contribution in [1.29, 1.82) is 0 Å². The summed E-state index contributed by atoms with van der Waals surface area (Å²) >= 11 is 0. The molecule has 4 rings (SSSR count). The van der Waals surface area contributed by atoms with Crippen LogP contribution in [0.15, 0.2) is 39.5 Å². The zero-order valence-electron chi connectivity index (χ0n) is 15.0. The Labute approximate surface area is 151 Å². The molecular weight excluding hydrogens is 333 g/mol. The molecule has 1 fully saturated rings. The summed E-state index contributed by atoms with van der Waals surface area (Å²) in [5.41, 5.74) is 1.39. The van der Waals surface area contributed by atoms with Crippen molar-refractivity contribution >= 4 is 21.9 Å². The Morgan fingerprint density at radius 2 is 2.08 bits per heavy atom. The van der Waals surface area contributed by atoms with Crippen LogP contribution in [-0.4, -0.2) is 31.1 Å². The minimum absolute atomic E-state index is 0.162. The molecule has 0 N–H and O–H groups in total. The van der Waals surface area contributed by atoms with Gasteiger partial charge < -0.3 is 14.1 Å². The fourth-order valence-corrected chi connectivity index (χ4v) is 3.69. The van der Waals surface area contributed by atoms with Crippen LogP contribution in [0.5, 0.6) is 5.75 Å². The maximum atomic E-state index is 13.6. The van der Waals surface area contributed by atoms with Crippen LogP contribution < -0.4 is 10.2 Å². The van der Waals surface area contributed by atoms with Crippen LogP contribution in [0, 0.1) is 12.7 Å². The normalized spacial score (nSPS) is 18.5. The summed E-state index contributed by atoms with van der Waals surface area (Å²) in [7, 11) is 2.11. The summed E-state index contributed by atoms with van der Waals surface area (Å²) in [5.74, 6) is 0.112. The van der Waals surface area contributed by atoms with Crippen molar-refractivity contribution in [3.63, 3.8) is 0 Å². The Morgan fingerprint density at radius 1 is 1.23 bits per heavy atom. The Balaban J connectivity index is 1.78. The van der Waals surface area contributed by atoms with Gasteiger partial charge in [-0.15, -0.1) is 0 Å². The van der Waals surface area contributed by atoms with E-state index in [2.05, 4.69) is 11.9 Å². The predicted octanol–water partition coefficient (Wildman–Crippen LogP) is 4.26. The number of ether oxygens (including phenoxy) is 1. The summed E-state index contributed by atoms with van der Waals surface area (Å²) in [5, 5.41) is 0.846. The summed E-state index contributed by atoms with van der Waals surface area (Å²) < 4.78 is 25.5. The Morgan fingerprint density at radius 3 is 2.88 bits per heavy atom. The van der Waals surface area contributed by atoms with E-state index < -0.39 is 5.82 Å². The molecule has 4 nitrogen and oxygen atoms in total. The van der Waals surface area contributed by atoms with E-state index in [0.29, 0.717) is 34.8 Å². The lowest BCUT2D eigenvalue weighted by Crippen LogP contribution is -2.40.